The molecule has 6 nitrogen and oxygen atoms in total. The van der Waals surface area contributed by atoms with E-state index >= 15 is 0 Å². The smallest absolute Gasteiger partial charge is 0.220 e. The molecule has 26 heavy (non-hydrogen) atoms. The van der Waals surface area contributed by atoms with Gasteiger partial charge in [0.05, 0.1) is 19.9 Å². The van der Waals surface area contributed by atoms with Crippen molar-refractivity contribution in [2.24, 2.45) is 5.92 Å². The van der Waals surface area contributed by atoms with Crippen LogP contribution in [0.4, 0.5) is 0 Å². The Morgan fingerprint density at radius 3 is 2.54 bits per heavy atom. The van der Waals surface area contributed by atoms with Crippen molar-refractivity contribution in [2.75, 3.05) is 20.8 Å². The average molecular weight is 359 g/mol. The van der Waals surface area contributed by atoms with Crippen molar-refractivity contribution in [2.45, 2.75) is 40.2 Å². The molecular weight excluding hydrogens is 330 g/mol. The molecule has 0 aliphatic carbocycles. The molecule has 0 fully saturated rings. The number of benzene rings is 1. The lowest BCUT2D eigenvalue weighted by Gasteiger charge is -2.14. The van der Waals surface area contributed by atoms with E-state index in [1.807, 2.05) is 29.8 Å². The molecule has 0 bridgehead atoms. The van der Waals surface area contributed by atoms with Gasteiger partial charge in [-0.3, -0.25) is 9.48 Å². The Morgan fingerprint density at radius 1 is 1.19 bits per heavy atom. The van der Waals surface area contributed by atoms with Crippen LogP contribution in [0.2, 0.25) is 0 Å². The van der Waals surface area contributed by atoms with Crippen LogP contribution in [0.3, 0.4) is 0 Å². The number of rotatable bonds is 9. The SMILES string of the molecule is COc1ccc(CCC(=O)NC[C@@H](C)Cn2nc(C)cc2C)cc1OC. The number of hydrogen-bond acceptors (Lipinski definition) is 4. The van der Waals surface area contributed by atoms with Crippen molar-refractivity contribution in [3.05, 3.63) is 41.2 Å². The minimum absolute atomic E-state index is 0.0556. The molecule has 2 aromatic rings. The van der Waals surface area contributed by atoms with Crippen LogP contribution in [0.1, 0.15) is 30.3 Å². The second-order valence-corrected chi connectivity index (χ2v) is 6.71. The lowest BCUT2D eigenvalue weighted by Crippen LogP contribution is -2.30. The van der Waals surface area contributed by atoms with Gasteiger partial charge in [-0.05, 0) is 49.9 Å². The quantitative estimate of drug-likeness (QED) is 0.748. The summed E-state index contributed by atoms with van der Waals surface area (Å²) in [5, 5.41) is 7.48. The van der Waals surface area contributed by atoms with Gasteiger partial charge in [-0.15, -0.1) is 0 Å². The number of hydrogen-bond donors (Lipinski definition) is 1. The third-order valence-electron chi connectivity index (χ3n) is 4.32. The Morgan fingerprint density at radius 2 is 1.92 bits per heavy atom. The average Bonchev–Trinajstić information content (AvgIpc) is 2.94. The van der Waals surface area contributed by atoms with Gasteiger partial charge in [0.1, 0.15) is 0 Å². The Hall–Kier alpha value is -2.50. The topological polar surface area (TPSA) is 65.4 Å². The first-order chi connectivity index (χ1) is 12.4. The lowest BCUT2D eigenvalue weighted by molar-refractivity contribution is -0.121. The predicted molar refractivity (Wildman–Crippen MR) is 102 cm³/mol. The number of nitrogens with zero attached hydrogens (tertiary/aromatic N) is 2. The molecular formula is C20H29N3O3. The molecule has 0 aliphatic heterocycles. The minimum Gasteiger partial charge on any atom is -0.493 e. The van der Waals surface area contributed by atoms with E-state index in [0.29, 0.717) is 36.8 Å². The van der Waals surface area contributed by atoms with Crippen LogP contribution >= 0.6 is 0 Å². The first-order valence-electron chi connectivity index (χ1n) is 8.91. The van der Waals surface area contributed by atoms with Gasteiger partial charge in [0.2, 0.25) is 5.91 Å². The van der Waals surface area contributed by atoms with Crippen molar-refractivity contribution in [1.82, 2.24) is 15.1 Å². The first-order valence-corrected chi connectivity index (χ1v) is 8.91. The van der Waals surface area contributed by atoms with Gasteiger partial charge in [-0.2, -0.15) is 5.10 Å². The molecule has 1 atom stereocenters. The highest BCUT2D eigenvalue weighted by molar-refractivity contribution is 5.76. The molecule has 1 aromatic carbocycles. The second kappa shape index (κ2) is 9.27. The van der Waals surface area contributed by atoms with E-state index in [0.717, 1.165) is 23.5 Å². The Kier molecular flexibility index (Phi) is 7.06. The van der Waals surface area contributed by atoms with Crippen LogP contribution in [0.25, 0.3) is 0 Å². The summed E-state index contributed by atoms with van der Waals surface area (Å²) in [6, 6.07) is 7.80. The van der Waals surface area contributed by atoms with Crippen molar-refractivity contribution < 1.29 is 14.3 Å². The zero-order valence-corrected chi connectivity index (χ0v) is 16.3. The van der Waals surface area contributed by atoms with E-state index in [9.17, 15) is 4.79 Å². The standard InChI is InChI=1S/C20H29N3O3/c1-14(13-23-16(3)10-15(2)22-23)12-21-20(24)9-7-17-6-8-18(25-4)19(11-17)26-5/h6,8,10-11,14H,7,9,12-13H2,1-5H3,(H,21,24)/t14-/m1/s1. The molecule has 6 heteroatoms. The third-order valence-corrected chi connectivity index (χ3v) is 4.32. The van der Waals surface area contributed by atoms with Gasteiger partial charge in [-0.1, -0.05) is 13.0 Å². The predicted octanol–water partition coefficient (Wildman–Crippen LogP) is 2.90. The molecule has 0 unspecified atom stereocenters. The summed E-state index contributed by atoms with van der Waals surface area (Å²) in [6.07, 6.45) is 1.11. The van der Waals surface area contributed by atoms with E-state index in [1.165, 1.54) is 0 Å². The summed E-state index contributed by atoms with van der Waals surface area (Å²) in [4.78, 5) is 12.1. The molecule has 0 spiro atoms. The zero-order chi connectivity index (χ0) is 19.1. The number of ether oxygens (including phenoxy) is 2. The van der Waals surface area contributed by atoms with Crippen LogP contribution < -0.4 is 14.8 Å². The molecule has 0 saturated carbocycles. The number of methoxy groups -OCH3 is 2. The largest absolute Gasteiger partial charge is 0.493 e. The van der Waals surface area contributed by atoms with Gasteiger partial charge in [0.25, 0.3) is 0 Å². The fraction of sp³-hybridized carbons (Fsp3) is 0.500. The summed E-state index contributed by atoms with van der Waals surface area (Å²) in [5.74, 6) is 1.75. The van der Waals surface area contributed by atoms with Crippen molar-refractivity contribution in [1.29, 1.82) is 0 Å². The lowest BCUT2D eigenvalue weighted by atomic mass is 10.1. The highest BCUT2D eigenvalue weighted by atomic mass is 16.5. The maximum atomic E-state index is 12.1. The Bertz CT molecular complexity index is 740. The molecule has 0 aliphatic rings. The van der Waals surface area contributed by atoms with Crippen LogP contribution in [-0.2, 0) is 17.8 Å². The second-order valence-electron chi connectivity index (χ2n) is 6.71. The summed E-state index contributed by atoms with van der Waals surface area (Å²) in [5.41, 5.74) is 3.22. The molecule has 1 aromatic heterocycles. The summed E-state index contributed by atoms with van der Waals surface area (Å²) in [7, 11) is 3.22. The van der Waals surface area contributed by atoms with Crippen LogP contribution in [0.15, 0.2) is 24.3 Å². The van der Waals surface area contributed by atoms with Crippen molar-refractivity contribution in [3.8, 4) is 11.5 Å². The fourth-order valence-corrected chi connectivity index (χ4v) is 2.89. The molecule has 1 N–H and O–H groups in total. The minimum atomic E-state index is 0.0556. The monoisotopic (exact) mass is 359 g/mol. The van der Waals surface area contributed by atoms with Crippen LogP contribution in [-0.4, -0.2) is 36.5 Å². The summed E-state index contributed by atoms with van der Waals surface area (Å²) >= 11 is 0. The maximum Gasteiger partial charge on any atom is 0.220 e. The maximum absolute atomic E-state index is 12.1. The number of aromatic nitrogens is 2. The summed E-state index contributed by atoms with van der Waals surface area (Å²) in [6.45, 7) is 7.60. The van der Waals surface area contributed by atoms with Gasteiger partial charge in [0, 0.05) is 25.2 Å². The van der Waals surface area contributed by atoms with Crippen molar-refractivity contribution >= 4 is 5.91 Å². The molecule has 0 radical (unpaired) electrons. The van der Waals surface area contributed by atoms with Crippen LogP contribution in [0.5, 0.6) is 11.5 Å². The molecule has 0 saturated heterocycles. The number of carbonyl (C=O) groups excluding carboxylic acids is 1. The van der Waals surface area contributed by atoms with Gasteiger partial charge < -0.3 is 14.8 Å². The molecule has 142 valence electrons. The Balaban J connectivity index is 1.77. The van der Waals surface area contributed by atoms with E-state index in [-0.39, 0.29) is 5.91 Å². The van der Waals surface area contributed by atoms with Gasteiger partial charge in [-0.25, -0.2) is 0 Å². The zero-order valence-electron chi connectivity index (χ0n) is 16.3. The molecule has 1 amide bonds. The first kappa shape index (κ1) is 19.8. The van der Waals surface area contributed by atoms with E-state index < -0.39 is 0 Å². The number of carbonyl (C=O) groups is 1. The van der Waals surface area contributed by atoms with Crippen molar-refractivity contribution in [3.63, 3.8) is 0 Å². The van der Waals surface area contributed by atoms with Gasteiger partial charge in [0.15, 0.2) is 11.5 Å². The van der Waals surface area contributed by atoms with E-state index in [4.69, 9.17) is 9.47 Å². The number of aryl methyl sites for hydroxylation is 3. The third kappa shape index (κ3) is 5.51. The normalized spacial score (nSPS) is 11.9. The highest BCUT2D eigenvalue weighted by Gasteiger charge is 2.10. The van der Waals surface area contributed by atoms with Crippen LogP contribution in [0, 0.1) is 19.8 Å². The molecule has 1 heterocycles. The fourth-order valence-electron chi connectivity index (χ4n) is 2.89. The molecule has 2 rings (SSSR count). The van der Waals surface area contributed by atoms with Gasteiger partial charge >= 0.3 is 0 Å². The number of amides is 1. The van der Waals surface area contributed by atoms with E-state index in [1.54, 1.807) is 14.2 Å². The summed E-state index contributed by atoms with van der Waals surface area (Å²) < 4.78 is 12.5. The van der Waals surface area contributed by atoms with E-state index in [2.05, 4.69) is 30.3 Å². The number of nitrogens with one attached hydrogen (secondary N) is 1. The Labute approximate surface area is 155 Å². The highest BCUT2D eigenvalue weighted by Crippen LogP contribution is 2.27.